The van der Waals surface area contributed by atoms with E-state index in [0.29, 0.717) is 10.6 Å². The third-order valence-electron chi connectivity index (χ3n) is 3.70. The molecule has 0 aliphatic heterocycles. The van der Waals surface area contributed by atoms with Crippen molar-refractivity contribution in [2.24, 2.45) is 0 Å². The van der Waals surface area contributed by atoms with Gasteiger partial charge in [-0.1, -0.05) is 29.3 Å². The molecule has 0 radical (unpaired) electrons. The molecular weight excluding hydrogens is 358 g/mol. The molecule has 0 aliphatic carbocycles. The Bertz CT molecular complexity index is 694. The van der Waals surface area contributed by atoms with Crippen molar-refractivity contribution in [3.63, 3.8) is 0 Å². The van der Waals surface area contributed by atoms with Crippen LogP contribution in [0.1, 0.15) is 36.4 Å². The number of hydrogen-bond donors (Lipinski definition) is 1. The van der Waals surface area contributed by atoms with Crippen LogP contribution in [-0.2, 0) is 0 Å². The van der Waals surface area contributed by atoms with E-state index in [1.54, 1.807) is 30.2 Å². The molecule has 1 N–H and O–H groups in total. The maximum absolute atomic E-state index is 13.6. The summed E-state index contributed by atoms with van der Waals surface area (Å²) in [5.41, 5.74) is 0.485. The lowest BCUT2D eigenvalue weighted by atomic mass is 10.1. The average Bonchev–Trinajstić information content (AvgIpc) is 3.03. The Kier molecular flexibility index (Phi) is 5.89. The Morgan fingerprint density at radius 2 is 2.00 bits per heavy atom. The first-order valence-corrected chi connectivity index (χ1v) is 8.66. The van der Waals surface area contributed by atoms with E-state index in [0.717, 1.165) is 4.88 Å². The Labute approximate surface area is 149 Å². The molecule has 0 saturated carbocycles. The normalized spacial score (nSPS) is 13.5. The topological polar surface area (TPSA) is 32.3 Å². The zero-order valence-corrected chi connectivity index (χ0v) is 15.3. The van der Waals surface area contributed by atoms with Gasteiger partial charge in [0.05, 0.1) is 17.1 Å². The first-order chi connectivity index (χ1) is 10.8. The number of benzene rings is 1. The molecular formula is C16H17Cl2FN2OS. The van der Waals surface area contributed by atoms with Gasteiger partial charge in [-0.2, -0.15) is 0 Å². The fourth-order valence-electron chi connectivity index (χ4n) is 2.13. The molecule has 2 aromatic rings. The minimum Gasteiger partial charge on any atom is -0.331 e. The summed E-state index contributed by atoms with van der Waals surface area (Å²) in [6.45, 7) is 3.70. The lowest BCUT2D eigenvalue weighted by Gasteiger charge is -2.26. The van der Waals surface area contributed by atoms with Gasteiger partial charge >= 0.3 is 6.03 Å². The number of carbonyl (C=O) groups excluding carboxylic acids is 1. The van der Waals surface area contributed by atoms with Gasteiger partial charge in [0.1, 0.15) is 5.82 Å². The largest absolute Gasteiger partial charge is 0.331 e. The summed E-state index contributed by atoms with van der Waals surface area (Å²) in [6, 6.07) is 5.76. The van der Waals surface area contributed by atoms with Crippen LogP contribution in [0.3, 0.4) is 0 Å². The molecule has 2 rings (SSSR count). The van der Waals surface area contributed by atoms with Crippen molar-refractivity contribution in [3.05, 3.63) is 55.9 Å². The van der Waals surface area contributed by atoms with Gasteiger partial charge < -0.3 is 10.2 Å². The summed E-state index contributed by atoms with van der Waals surface area (Å²) < 4.78 is 13.6. The van der Waals surface area contributed by atoms with Crippen LogP contribution in [0, 0.1) is 5.82 Å². The second-order valence-electron chi connectivity index (χ2n) is 5.26. The third-order valence-corrected chi connectivity index (χ3v) is 5.36. The molecule has 2 atom stereocenters. The Hall–Kier alpha value is -1.30. The molecule has 0 fully saturated rings. The number of thiophene rings is 1. The summed E-state index contributed by atoms with van der Waals surface area (Å²) in [4.78, 5) is 15.1. The quantitative estimate of drug-likeness (QED) is 0.688. The number of rotatable bonds is 4. The fourth-order valence-corrected chi connectivity index (χ4v) is 3.50. The van der Waals surface area contributed by atoms with Crippen LogP contribution in [0.5, 0.6) is 0 Å². The van der Waals surface area contributed by atoms with E-state index in [4.69, 9.17) is 23.2 Å². The van der Waals surface area contributed by atoms with Gasteiger partial charge in [-0.05, 0) is 43.0 Å². The number of urea groups is 1. The van der Waals surface area contributed by atoms with Crippen LogP contribution in [0.2, 0.25) is 10.0 Å². The minimum absolute atomic E-state index is 0.0410. The highest BCUT2D eigenvalue weighted by Gasteiger charge is 2.21. The summed E-state index contributed by atoms with van der Waals surface area (Å²) in [7, 11) is 1.72. The molecule has 7 heteroatoms. The summed E-state index contributed by atoms with van der Waals surface area (Å²) in [5.74, 6) is -0.563. The van der Waals surface area contributed by atoms with Gasteiger partial charge in [0.25, 0.3) is 0 Å². The molecule has 1 aromatic heterocycles. The first kappa shape index (κ1) is 18.0. The van der Waals surface area contributed by atoms with Crippen LogP contribution in [-0.4, -0.2) is 18.0 Å². The molecule has 2 unspecified atom stereocenters. The van der Waals surface area contributed by atoms with Crippen LogP contribution in [0.4, 0.5) is 9.18 Å². The van der Waals surface area contributed by atoms with Crippen molar-refractivity contribution in [2.75, 3.05) is 7.05 Å². The lowest BCUT2D eigenvalue weighted by molar-refractivity contribution is 0.192. The Morgan fingerprint density at radius 3 is 2.61 bits per heavy atom. The van der Waals surface area contributed by atoms with E-state index in [9.17, 15) is 9.18 Å². The Balaban J connectivity index is 2.09. The number of halogens is 3. The number of amides is 2. The molecule has 3 nitrogen and oxygen atoms in total. The van der Waals surface area contributed by atoms with Gasteiger partial charge in [0.2, 0.25) is 0 Å². The number of hydrogen-bond acceptors (Lipinski definition) is 2. The molecule has 0 saturated heterocycles. The molecule has 0 bridgehead atoms. The highest BCUT2D eigenvalue weighted by Crippen LogP contribution is 2.29. The van der Waals surface area contributed by atoms with E-state index < -0.39 is 11.9 Å². The van der Waals surface area contributed by atoms with E-state index in [2.05, 4.69) is 5.32 Å². The summed E-state index contributed by atoms with van der Waals surface area (Å²) >= 11 is 13.4. The van der Waals surface area contributed by atoms with E-state index >= 15 is 0 Å². The van der Waals surface area contributed by atoms with Crippen molar-refractivity contribution in [1.82, 2.24) is 10.2 Å². The van der Waals surface area contributed by atoms with E-state index in [1.807, 2.05) is 24.4 Å². The Morgan fingerprint density at radius 1 is 1.30 bits per heavy atom. The highest BCUT2D eigenvalue weighted by atomic mass is 35.5. The standard InChI is InChI=1S/C16H17Cl2FN2OS/c1-9(11-7-14(19)13(18)8-12(11)17)20-16(22)21(3)10(2)15-5-4-6-23-15/h4-10H,1-3H3,(H,20,22). The maximum Gasteiger partial charge on any atom is 0.318 e. The molecule has 23 heavy (non-hydrogen) atoms. The SMILES string of the molecule is CC(NC(=O)N(C)C(C)c1cccs1)c1cc(F)c(Cl)cc1Cl. The summed E-state index contributed by atoms with van der Waals surface area (Å²) in [6.07, 6.45) is 0. The van der Waals surface area contributed by atoms with Crippen LogP contribution >= 0.6 is 34.5 Å². The lowest BCUT2D eigenvalue weighted by Crippen LogP contribution is -2.39. The van der Waals surface area contributed by atoms with Gasteiger partial charge in [-0.3, -0.25) is 0 Å². The second-order valence-corrected chi connectivity index (χ2v) is 7.05. The third kappa shape index (κ3) is 4.16. The van der Waals surface area contributed by atoms with Gasteiger partial charge in [-0.25, -0.2) is 9.18 Å². The zero-order valence-electron chi connectivity index (χ0n) is 12.9. The second kappa shape index (κ2) is 7.51. The fraction of sp³-hybridized carbons (Fsp3) is 0.312. The number of nitrogens with zero attached hydrogens (tertiary/aromatic N) is 1. The van der Waals surface area contributed by atoms with E-state index in [1.165, 1.54) is 12.1 Å². The molecule has 124 valence electrons. The van der Waals surface area contributed by atoms with Gasteiger partial charge in [-0.15, -0.1) is 11.3 Å². The van der Waals surface area contributed by atoms with Crippen LogP contribution < -0.4 is 5.32 Å². The molecule has 1 heterocycles. The van der Waals surface area contributed by atoms with Crippen LogP contribution in [0.15, 0.2) is 29.6 Å². The monoisotopic (exact) mass is 374 g/mol. The van der Waals surface area contributed by atoms with E-state index in [-0.39, 0.29) is 17.1 Å². The minimum atomic E-state index is -0.563. The van der Waals surface area contributed by atoms with Crippen molar-refractivity contribution in [3.8, 4) is 0 Å². The van der Waals surface area contributed by atoms with Crippen LogP contribution in [0.25, 0.3) is 0 Å². The predicted octanol–water partition coefficient (Wildman–Crippen LogP) is 5.66. The van der Waals surface area contributed by atoms with Gasteiger partial charge in [0.15, 0.2) is 0 Å². The average molecular weight is 375 g/mol. The smallest absolute Gasteiger partial charge is 0.318 e. The van der Waals surface area contributed by atoms with Gasteiger partial charge in [0, 0.05) is 16.9 Å². The molecule has 1 aromatic carbocycles. The van der Waals surface area contributed by atoms with Crippen molar-refractivity contribution in [2.45, 2.75) is 25.9 Å². The van der Waals surface area contributed by atoms with Crippen molar-refractivity contribution in [1.29, 1.82) is 0 Å². The maximum atomic E-state index is 13.6. The number of carbonyl (C=O) groups is 1. The zero-order chi connectivity index (χ0) is 17.1. The first-order valence-electron chi connectivity index (χ1n) is 7.02. The van der Waals surface area contributed by atoms with Crippen molar-refractivity contribution < 1.29 is 9.18 Å². The molecule has 0 spiro atoms. The van der Waals surface area contributed by atoms with Crippen molar-refractivity contribution >= 4 is 40.6 Å². The predicted molar refractivity (Wildman–Crippen MR) is 93.9 cm³/mol. The molecule has 2 amide bonds. The number of nitrogens with one attached hydrogen (secondary N) is 1. The highest BCUT2D eigenvalue weighted by molar-refractivity contribution is 7.10. The molecule has 0 aliphatic rings. The summed E-state index contributed by atoms with van der Waals surface area (Å²) in [5, 5.41) is 5.07.